The molecule has 0 aromatic carbocycles. The number of rotatable bonds is 65. The van der Waals surface area contributed by atoms with Crippen LogP contribution in [-0.4, -0.2) is 333 Å². The molecule has 0 aliphatic carbocycles. The zero-order chi connectivity index (χ0) is 109. The second-order valence-electron chi connectivity index (χ2n) is 32.3. The van der Waals surface area contributed by atoms with Crippen LogP contribution in [0.4, 0.5) is 0 Å². The molecule has 0 saturated carbocycles. The van der Waals surface area contributed by atoms with Crippen molar-refractivity contribution in [2.45, 2.75) is 262 Å². The van der Waals surface area contributed by atoms with Crippen LogP contribution < -0.4 is 0 Å². The van der Waals surface area contributed by atoms with E-state index in [0.717, 1.165) is 57.8 Å². The minimum atomic E-state index is -0.321. The number of carbonyl (C=O) groups is 18. The van der Waals surface area contributed by atoms with Crippen molar-refractivity contribution in [3.05, 3.63) is 114 Å². The summed E-state index contributed by atoms with van der Waals surface area (Å²) in [6.07, 6.45) is 34.3. The minimum Gasteiger partial charge on any atom is -0.469 e. The molecule has 140 heavy (non-hydrogen) atoms. The van der Waals surface area contributed by atoms with Crippen molar-refractivity contribution in [2.24, 2.45) is 11.8 Å². The Bertz CT molecular complexity index is 3550. The van der Waals surface area contributed by atoms with Crippen molar-refractivity contribution in [1.82, 2.24) is 44.1 Å². The molecule has 804 valence electrons. The van der Waals surface area contributed by atoms with Crippen LogP contribution >= 0.6 is 0 Å². The van der Waals surface area contributed by atoms with E-state index in [0.29, 0.717) is 117 Å². The van der Waals surface area contributed by atoms with Crippen LogP contribution in [0, 0.1) is 11.8 Å². The van der Waals surface area contributed by atoms with Crippen molar-refractivity contribution in [2.75, 3.05) is 176 Å². The zero-order valence-electron chi connectivity index (χ0n) is 89.5. The first-order valence-corrected chi connectivity index (χ1v) is 48.4. The number of methoxy groups -OCH3 is 1. The Hall–Kier alpha value is -11.9. The summed E-state index contributed by atoms with van der Waals surface area (Å²) in [5, 5.41) is 0. The fraction of sp³-hybridized carbons (Fsp3) is 0.654. The Morgan fingerprint density at radius 2 is 0.457 bits per heavy atom. The van der Waals surface area contributed by atoms with Gasteiger partial charge in [0.15, 0.2) is 0 Å². The largest absolute Gasteiger partial charge is 0.469 e. The van der Waals surface area contributed by atoms with Gasteiger partial charge in [0.05, 0.1) is 117 Å². The Labute approximate surface area is 839 Å². The van der Waals surface area contributed by atoms with Gasteiger partial charge in [-0.05, 0) is 119 Å². The number of amides is 9. The van der Waals surface area contributed by atoms with Crippen molar-refractivity contribution in [3.8, 4) is 0 Å². The molecule has 0 aromatic rings. The predicted molar refractivity (Wildman–Crippen MR) is 548 cm³/mol. The van der Waals surface area contributed by atoms with Gasteiger partial charge in [0.2, 0.25) is 53.2 Å². The SMILES string of the molecule is C=CC(=O)N(C)CCC(=O)OC.C=CC(=O)N(C)CCC(=O)OC(C)C.C=CC(=O)N(C)CCC(=O)OCC.C=CC(=O)N(C)CCC(=O)OCC(C)C.C=CC(=O)N(C)CCC(=O)OCC(CC)CCCC.C=CC(=O)N(C)CCC(=O)OCCC.C=CC(=O)N(C)CCC(=O)OCCCC.C=CC(=O)N(C)CCC(=O)OCCCCCC.C=CC(=O)N(C)CCC(=O)OCCCCCCCCCC. The minimum absolute atomic E-state index is 0.108. The molecule has 36 nitrogen and oxygen atoms in total. The van der Waals surface area contributed by atoms with Crippen molar-refractivity contribution < 1.29 is 129 Å². The molecule has 0 bridgehead atoms. The molecule has 0 saturated heterocycles. The Balaban J connectivity index is -0.000000198. The monoisotopic (exact) mass is 1990 g/mol. The maximum Gasteiger partial charge on any atom is 0.307 e. The molecular weight excluding hydrogens is 1810 g/mol. The number of hydrogen-bond acceptors (Lipinski definition) is 27. The zero-order valence-corrected chi connectivity index (χ0v) is 89.5. The molecule has 0 aliphatic heterocycles. The van der Waals surface area contributed by atoms with Gasteiger partial charge in [-0.25, -0.2) is 0 Å². The number of esters is 9. The molecule has 1 atom stereocenters. The molecule has 9 amide bonds. The van der Waals surface area contributed by atoms with Gasteiger partial charge in [0, 0.05) is 122 Å². The lowest BCUT2D eigenvalue weighted by Gasteiger charge is -2.16. The first-order chi connectivity index (χ1) is 66.2. The molecule has 0 aromatic heterocycles. The first kappa shape index (κ1) is 146. The van der Waals surface area contributed by atoms with Crippen LogP contribution in [0.25, 0.3) is 0 Å². The lowest BCUT2D eigenvalue weighted by atomic mass is 10.0. The topological polar surface area (TPSA) is 419 Å². The number of unbranched alkanes of at least 4 members (excludes halogenated alkanes) is 12. The highest BCUT2D eigenvalue weighted by Gasteiger charge is 2.18. The molecule has 0 fully saturated rings. The molecule has 0 N–H and O–H groups in total. The van der Waals surface area contributed by atoms with E-state index in [9.17, 15) is 86.3 Å². The fourth-order valence-electron chi connectivity index (χ4n) is 9.87. The number of likely N-dealkylation sites (N-methyl/N-ethyl adjacent to an activating group) is 9. The summed E-state index contributed by atoms with van der Waals surface area (Å²) in [7, 11) is 16.0. The van der Waals surface area contributed by atoms with Gasteiger partial charge in [0.1, 0.15) is 0 Å². The van der Waals surface area contributed by atoms with Gasteiger partial charge in [-0.3, -0.25) is 86.3 Å². The third-order valence-corrected chi connectivity index (χ3v) is 19.1. The third kappa shape index (κ3) is 102. The van der Waals surface area contributed by atoms with E-state index in [1.54, 1.807) is 84.2 Å². The lowest BCUT2D eigenvalue weighted by molar-refractivity contribution is -0.148. The highest BCUT2D eigenvalue weighted by molar-refractivity contribution is 5.91. The highest BCUT2D eigenvalue weighted by atomic mass is 16.6. The van der Waals surface area contributed by atoms with Gasteiger partial charge in [-0.1, -0.05) is 204 Å². The summed E-state index contributed by atoms with van der Waals surface area (Å²) in [5.74, 6) is -3.29. The van der Waals surface area contributed by atoms with Gasteiger partial charge in [-0.2, -0.15) is 0 Å². The summed E-state index contributed by atoms with van der Waals surface area (Å²) in [4.78, 5) is 213. The molecule has 0 radical (unpaired) electrons. The summed E-state index contributed by atoms with van der Waals surface area (Å²) in [6.45, 7) is 58.6. The average molecular weight is 1990 g/mol. The number of nitrogens with zero attached hydrogens (tertiary/aromatic N) is 9. The van der Waals surface area contributed by atoms with E-state index in [2.05, 4.69) is 91.6 Å². The normalized spacial score (nSPS) is 9.88. The van der Waals surface area contributed by atoms with Gasteiger partial charge >= 0.3 is 53.7 Å². The summed E-state index contributed by atoms with van der Waals surface area (Å²) < 4.78 is 44.2. The van der Waals surface area contributed by atoms with E-state index in [1.807, 2.05) is 27.7 Å². The number of ether oxygens (including phenoxy) is 9. The summed E-state index contributed by atoms with van der Waals surface area (Å²) in [5.41, 5.74) is 0. The molecular formula is C104H181N9O27. The van der Waals surface area contributed by atoms with E-state index in [1.165, 1.54) is 170 Å². The van der Waals surface area contributed by atoms with E-state index >= 15 is 0 Å². The van der Waals surface area contributed by atoms with Crippen LogP contribution in [0.3, 0.4) is 0 Å². The molecule has 0 spiro atoms. The van der Waals surface area contributed by atoms with Gasteiger partial charge < -0.3 is 86.7 Å². The van der Waals surface area contributed by atoms with E-state index in [4.69, 9.17) is 37.9 Å². The third-order valence-electron chi connectivity index (χ3n) is 19.1. The number of hydrogen-bond donors (Lipinski definition) is 0. The van der Waals surface area contributed by atoms with Crippen LogP contribution in [0.2, 0.25) is 0 Å². The molecule has 0 heterocycles. The van der Waals surface area contributed by atoms with Crippen LogP contribution in [0.15, 0.2) is 114 Å². The van der Waals surface area contributed by atoms with Gasteiger partial charge in [-0.15, -0.1) is 0 Å². The van der Waals surface area contributed by atoms with E-state index in [-0.39, 0.29) is 171 Å². The second-order valence-corrected chi connectivity index (χ2v) is 32.3. The Morgan fingerprint density at radius 3 is 0.686 bits per heavy atom. The summed E-state index contributed by atoms with van der Waals surface area (Å²) in [6, 6.07) is 0. The van der Waals surface area contributed by atoms with Crippen LogP contribution in [0.1, 0.15) is 256 Å². The molecule has 1 unspecified atom stereocenters. The number of carbonyl (C=O) groups excluding carboxylic acids is 18. The van der Waals surface area contributed by atoms with E-state index < -0.39 is 0 Å². The highest BCUT2D eigenvalue weighted by Crippen LogP contribution is 2.14. The average Bonchev–Trinajstić information content (AvgIpc) is 1.13. The smallest absolute Gasteiger partial charge is 0.307 e. The van der Waals surface area contributed by atoms with Crippen molar-refractivity contribution >= 4 is 107 Å². The second kappa shape index (κ2) is 103. The van der Waals surface area contributed by atoms with Crippen molar-refractivity contribution in [3.63, 3.8) is 0 Å². The van der Waals surface area contributed by atoms with Crippen LogP contribution in [0.5, 0.6) is 0 Å². The maximum absolute atomic E-state index is 11.6. The summed E-state index contributed by atoms with van der Waals surface area (Å²) >= 11 is 0. The Morgan fingerprint density at radius 1 is 0.243 bits per heavy atom. The predicted octanol–water partition coefficient (Wildman–Crippen LogP) is 13.9. The standard InChI is InChI=1S/C17H31NO3.C15H27NO3.C13H23NO3.2C11H19NO3.2C10H17NO3.C9H15NO3.C8H13NO3/c1-4-6-7-8-9-10-11-12-15-21-17(20)13-14-18(3)16(19)5-2;1-5-8-9-13(6-2)12-19-15(18)10-11-16(4)14(17)7-3;1-4-6-7-8-11-17-13(16)9-10-14(3)12(15)5-2;1-5-10(13)12(4)7-6-11(14)15-8-9(2)3;1-4-6-9-15-11(14)7-8-12(3)10(13)5-2;1-5-9(12)11(4)7-6-10(13)14-8(2)3;1-4-8-14-10(13)6-7-11(3)9(12)5-2;1-4-8(11)10(3)7-6-9(12)13-5-2;1-4-7(10)9(2)6-5-8(11)12-3/h5H,2,4,6-15H2,1,3H3;7,13H,3,5-6,8-12H2,1-2,4H3;5H,2,4,6-11H2,1,3H3;5,9H,1,6-8H2,2-4H3;5H,2,4,6-9H2,1,3H3;5,8H,1,6-7H2,2-4H3;5H,2,4,6-8H2,1,3H3;4H,1,5-7H2,2-3H3;4H,1,5-6H2,2-3H3. The maximum atomic E-state index is 11.6. The molecule has 0 rings (SSSR count). The van der Waals surface area contributed by atoms with Crippen LogP contribution in [-0.2, 0) is 129 Å². The molecule has 36 heteroatoms. The first-order valence-electron chi connectivity index (χ1n) is 48.4. The molecule has 0 aliphatic rings. The fourth-order valence-corrected chi connectivity index (χ4v) is 9.87. The van der Waals surface area contributed by atoms with Gasteiger partial charge in [0.25, 0.3) is 0 Å². The van der Waals surface area contributed by atoms with Crippen molar-refractivity contribution in [1.29, 1.82) is 0 Å². The Kier molecular flexibility index (Phi) is 107. The lowest BCUT2D eigenvalue weighted by Crippen LogP contribution is -2.28. The quantitative estimate of drug-likeness (QED) is 0.0236.